The van der Waals surface area contributed by atoms with Crippen molar-refractivity contribution in [3.63, 3.8) is 0 Å². The van der Waals surface area contributed by atoms with E-state index in [0.717, 1.165) is 28.2 Å². The summed E-state index contributed by atoms with van der Waals surface area (Å²) in [7, 11) is 0. The first-order valence-electron chi connectivity index (χ1n) is 21.6. The Morgan fingerprint density at radius 3 is 1.64 bits per heavy atom. The lowest BCUT2D eigenvalue weighted by molar-refractivity contribution is 0.591. The molecule has 0 aliphatic rings. The average Bonchev–Trinajstić information content (AvgIpc) is 3.99. The lowest BCUT2D eigenvalue weighted by atomic mass is 9.83. The first-order chi connectivity index (χ1) is 29.6. The van der Waals surface area contributed by atoms with E-state index in [1.165, 1.54) is 97.8 Å². The third-order valence-electron chi connectivity index (χ3n) is 13.6. The van der Waals surface area contributed by atoms with Crippen LogP contribution in [0.15, 0.2) is 158 Å². The summed E-state index contributed by atoms with van der Waals surface area (Å²) in [6, 6.07) is 56.4. The summed E-state index contributed by atoms with van der Waals surface area (Å²) >= 11 is 0. The van der Waals surface area contributed by atoms with Crippen LogP contribution in [-0.2, 0) is 10.8 Å². The number of nitrogens with zero attached hydrogens (tertiary/aromatic N) is 4. The molecule has 0 fully saturated rings. The fourth-order valence-corrected chi connectivity index (χ4v) is 10.7. The maximum Gasteiger partial charge on any atom is 0.146 e. The van der Waals surface area contributed by atoms with Gasteiger partial charge in [-0.05, 0) is 104 Å². The third kappa shape index (κ3) is 4.57. The zero-order chi connectivity index (χ0) is 41.1. The Bertz CT molecular complexity index is 3890. The first-order valence-corrected chi connectivity index (χ1v) is 21.6. The molecule has 0 aliphatic heterocycles. The number of pyridine rings is 1. The van der Waals surface area contributed by atoms with Gasteiger partial charge in [-0.25, -0.2) is 4.98 Å². The summed E-state index contributed by atoms with van der Waals surface area (Å²) in [5.74, 6) is 0. The Balaban J connectivity index is 1.29. The van der Waals surface area contributed by atoms with Crippen molar-refractivity contribution >= 4 is 115 Å². The third-order valence-corrected chi connectivity index (χ3v) is 13.6. The number of para-hydroxylation sites is 2. The van der Waals surface area contributed by atoms with Crippen LogP contribution >= 0.6 is 0 Å². The van der Waals surface area contributed by atoms with Gasteiger partial charge in [0.25, 0.3) is 0 Å². The average molecular weight is 785 g/mol. The van der Waals surface area contributed by atoms with Crippen LogP contribution in [0.25, 0.3) is 97.9 Å². The quantitative estimate of drug-likeness (QED) is 0.178. The van der Waals surface area contributed by atoms with E-state index in [2.05, 4.69) is 213 Å². The largest absolute Gasteiger partial charge is 0.308 e. The Kier molecular flexibility index (Phi) is 6.69. The molecule has 5 aromatic heterocycles. The van der Waals surface area contributed by atoms with Gasteiger partial charge < -0.3 is 9.30 Å². The number of rotatable bonds is 3. The summed E-state index contributed by atoms with van der Waals surface area (Å²) < 4.78 is 5.04. The molecule has 0 radical (unpaired) electrons. The molecule has 0 saturated heterocycles. The number of benzene rings is 8. The highest BCUT2D eigenvalue weighted by Crippen LogP contribution is 2.52. The van der Waals surface area contributed by atoms with Crippen LogP contribution in [0.1, 0.15) is 52.7 Å². The first kappa shape index (κ1) is 34.7. The van der Waals surface area contributed by atoms with E-state index < -0.39 is 0 Å². The van der Waals surface area contributed by atoms with Crippen molar-refractivity contribution in [2.75, 3.05) is 4.90 Å². The van der Waals surface area contributed by atoms with Gasteiger partial charge in [0.1, 0.15) is 5.65 Å². The molecule has 0 atom stereocenters. The monoisotopic (exact) mass is 784 g/mol. The van der Waals surface area contributed by atoms with Crippen molar-refractivity contribution in [3.8, 4) is 0 Å². The van der Waals surface area contributed by atoms with Crippen molar-refractivity contribution < 1.29 is 0 Å². The van der Waals surface area contributed by atoms with Crippen molar-refractivity contribution in [2.24, 2.45) is 0 Å². The Morgan fingerprint density at radius 1 is 0.410 bits per heavy atom. The summed E-state index contributed by atoms with van der Waals surface area (Å²) in [5, 5.41) is 15.2. The van der Waals surface area contributed by atoms with Gasteiger partial charge >= 0.3 is 0 Å². The Morgan fingerprint density at radius 2 is 0.967 bits per heavy atom. The molecule has 0 saturated carbocycles. The summed E-state index contributed by atoms with van der Waals surface area (Å²) in [4.78, 5) is 8.04. The topological polar surface area (TPSA) is 24.9 Å². The number of anilines is 3. The van der Waals surface area contributed by atoms with Gasteiger partial charge in [0.05, 0.1) is 39.5 Å². The summed E-state index contributed by atoms with van der Waals surface area (Å²) in [5.41, 5.74) is 12.9. The van der Waals surface area contributed by atoms with Gasteiger partial charge in [0.15, 0.2) is 0 Å². The van der Waals surface area contributed by atoms with E-state index in [1.54, 1.807) is 0 Å². The molecule has 4 heteroatoms. The number of hydrogen-bond acceptors (Lipinski definition) is 2. The summed E-state index contributed by atoms with van der Waals surface area (Å²) in [6.45, 7) is 14.0. The van der Waals surface area contributed by atoms with E-state index in [0.29, 0.717) is 0 Å². The molecule has 13 rings (SSSR count). The second-order valence-corrected chi connectivity index (χ2v) is 19.3. The smallest absolute Gasteiger partial charge is 0.146 e. The van der Waals surface area contributed by atoms with Gasteiger partial charge in [-0.1, -0.05) is 133 Å². The van der Waals surface area contributed by atoms with E-state index in [9.17, 15) is 0 Å². The molecule has 0 N–H and O–H groups in total. The Labute approximate surface area is 353 Å². The predicted molar refractivity (Wildman–Crippen MR) is 261 cm³/mol. The molecule has 4 nitrogen and oxygen atoms in total. The van der Waals surface area contributed by atoms with E-state index in [4.69, 9.17) is 4.98 Å². The minimum absolute atomic E-state index is 0.0854. The van der Waals surface area contributed by atoms with Gasteiger partial charge in [-0.2, -0.15) is 0 Å². The highest BCUT2D eigenvalue weighted by Gasteiger charge is 2.31. The maximum atomic E-state index is 5.58. The molecule has 8 aromatic carbocycles. The van der Waals surface area contributed by atoms with Crippen LogP contribution < -0.4 is 4.90 Å². The maximum absolute atomic E-state index is 5.58. The van der Waals surface area contributed by atoms with E-state index in [1.807, 2.05) is 0 Å². The fraction of sp³-hybridized carbons (Fsp3) is 0.140. The molecule has 292 valence electrons. The lowest BCUT2D eigenvalue weighted by Crippen LogP contribution is -2.15. The molecule has 61 heavy (non-hydrogen) atoms. The summed E-state index contributed by atoms with van der Waals surface area (Å²) in [6.07, 6.45) is 2.17. The standard InChI is InChI=1S/C57H44N4/c1-56(2,3)35-28-41-42-29-36(57(4,5)6)31-46(59(37-19-9-7-10-20-37)38-21-11-8-12-22-38)53(42)60-47-32-58-55-51(49(47)44(30-35)52(41)60)50-40-24-16-14-18-34(40)27-43-48-39-23-15-13-17-33(39)25-26-45(48)61(55)54(43)50/h7-32H,1-6H3. The van der Waals surface area contributed by atoms with Crippen LogP contribution in [-0.4, -0.2) is 13.8 Å². The molecular weight excluding hydrogens is 741 g/mol. The zero-order valence-electron chi connectivity index (χ0n) is 35.3. The van der Waals surface area contributed by atoms with Gasteiger partial charge in [0.2, 0.25) is 0 Å². The lowest BCUT2D eigenvalue weighted by Gasteiger charge is -2.29. The highest BCUT2D eigenvalue weighted by molar-refractivity contribution is 6.40. The van der Waals surface area contributed by atoms with Crippen LogP contribution in [0, 0.1) is 0 Å². The SMILES string of the molecule is CC(C)(C)c1cc(N(c2ccccc2)c2ccccc2)c2c(c1)c1cc(C(C)(C)C)cc3c4c5c6c7ccccc7cc7c8c9ccccc9ccc8n(c5ncc4n2c13)c76. The molecule has 5 heterocycles. The second kappa shape index (κ2) is 11.8. The van der Waals surface area contributed by atoms with Gasteiger partial charge in [-0.3, -0.25) is 4.40 Å². The normalized spacial score (nSPS) is 13.1. The predicted octanol–water partition coefficient (Wildman–Crippen LogP) is 15.8. The number of hydrogen-bond donors (Lipinski definition) is 0. The van der Waals surface area contributed by atoms with Gasteiger partial charge in [-0.15, -0.1) is 0 Å². The van der Waals surface area contributed by atoms with Crippen molar-refractivity contribution in [1.82, 2.24) is 13.8 Å². The van der Waals surface area contributed by atoms with Gasteiger partial charge in [0, 0.05) is 54.5 Å². The number of fused-ring (bicyclic) bond motifs is 17. The minimum atomic E-state index is -0.0907. The highest BCUT2D eigenvalue weighted by atomic mass is 15.2. The van der Waals surface area contributed by atoms with Crippen LogP contribution in [0.2, 0.25) is 0 Å². The Hall–Kier alpha value is -7.17. The van der Waals surface area contributed by atoms with Crippen molar-refractivity contribution in [2.45, 2.75) is 52.4 Å². The molecular formula is C57H44N4. The molecule has 0 amide bonds. The fourth-order valence-electron chi connectivity index (χ4n) is 10.7. The minimum Gasteiger partial charge on any atom is -0.308 e. The van der Waals surface area contributed by atoms with Crippen LogP contribution in [0.5, 0.6) is 0 Å². The number of aromatic nitrogens is 3. The zero-order valence-corrected chi connectivity index (χ0v) is 35.3. The van der Waals surface area contributed by atoms with Crippen LogP contribution in [0.4, 0.5) is 17.1 Å². The van der Waals surface area contributed by atoms with E-state index in [-0.39, 0.29) is 10.8 Å². The molecule has 0 unspecified atom stereocenters. The van der Waals surface area contributed by atoms with E-state index >= 15 is 0 Å². The molecule has 13 aromatic rings. The van der Waals surface area contributed by atoms with Crippen molar-refractivity contribution in [3.05, 3.63) is 169 Å². The molecule has 0 spiro atoms. The molecule has 0 bridgehead atoms. The van der Waals surface area contributed by atoms with Crippen LogP contribution in [0.3, 0.4) is 0 Å². The second-order valence-electron chi connectivity index (χ2n) is 19.3. The molecule has 0 aliphatic carbocycles. The van der Waals surface area contributed by atoms with Crippen molar-refractivity contribution in [1.29, 1.82) is 0 Å².